The van der Waals surface area contributed by atoms with Gasteiger partial charge >= 0.3 is 5.97 Å². The first-order chi connectivity index (χ1) is 12.1. The third kappa shape index (κ3) is 6.38. The van der Waals surface area contributed by atoms with Crippen molar-refractivity contribution in [3.63, 3.8) is 0 Å². The number of amides is 1. The highest BCUT2D eigenvalue weighted by Gasteiger charge is 2.29. The number of carbonyl (C=O) groups excluding carboxylic acids is 2. The van der Waals surface area contributed by atoms with Crippen LogP contribution in [0.5, 0.6) is 5.75 Å². The largest absolute Gasteiger partial charge is 0.492 e. The molecule has 0 N–H and O–H groups in total. The van der Waals surface area contributed by atoms with Gasteiger partial charge in [-0.15, -0.1) is 0 Å². The van der Waals surface area contributed by atoms with E-state index in [1.54, 1.807) is 11.8 Å². The lowest BCUT2D eigenvalue weighted by atomic mass is 9.98. The van der Waals surface area contributed by atoms with Crippen LogP contribution in [0.25, 0.3) is 0 Å². The van der Waals surface area contributed by atoms with Crippen molar-refractivity contribution >= 4 is 11.9 Å². The molecule has 0 aromatic heterocycles. The number of likely N-dealkylation sites (N-methyl/N-ethyl adjacent to an activating group) is 1. The van der Waals surface area contributed by atoms with E-state index in [2.05, 4.69) is 0 Å². The van der Waals surface area contributed by atoms with Crippen LogP contribution in [0.1, 0.15) is 19.8 Å². The van der Waals surface area contributed by atoms with E-state index in [9.17, 15) is 9.59 Å². The molecule has 0 saturated carbocycles. The zero-order chi connectivity index (χ0) is 18.1. The van der Waals surface area contributed by atoms with Gasteiger partial charge in [0.15, 0.2) is 0 Å². The van der Waals surface area contributed by atoms with E-state index in [0.29, 0.717) is 39.4 Å². The van der Waals surface area contributed by atoms with E-state index in [1.807, 2.05) is 42.3 Å². The lowest BCUT2D eigenvalue weighted by molar-refractivity contribution is -0.151. The van der Waals surface area contributed by atoms with Crippen molar-refractivity contribution in [2.75, 3.05) is 46.4 Å². The van der Waals surface area contributed by atoms with Gasteiger partial charge in [-0.2, -0.15) is 0 Å². The Morgan fingerprint density at radius 1 is 1.28 bits per heavy atom. The first kappa shape index (κ1) is 19.2. The van der Waals surface area contributed by atoms with Crippen molar-refractivity contribution in [3.05, 3.63) is 30.3 Å². The minimum Gasteiger partial charge on any atom is -0.492 e. The molecule has 6 heteroatoms. The fourth-order valence-electron chi connectivity index (χ4n) is 2.90. The van der Waals surface area contributed by atoms with Crippen molar-refractivity contribution in [1.82, 2.24) is 9.80 Å². The molecule has 1 aliphatic heterocycles. The molecule has 0 aliphatic carbocycles. The highest BCUT2D eigenvalue weighted by atomic mass is 16.5. The van der Waals surface area contributed by atoms with Gasteiger partial charge in [-0.3, -0.25) is 14.5 Å². The first-order valence-electron chi connectivity index (χ1n) is 8.91. The van der Waals surface area contributed by atoms with E-state index in [4.69, 9.17) is 9.47 Å². The van der Waals surface area contributed by atoms with Gasteiger partial charge in [0.2, 0.25) is 5.91 Å². The summed E-state index contributed by atoms with van der Waals surface area (Å²) in [6.45, 7) is 4.88. The van der Waals surface area contributed by atoms with Crippen molar-refractivity contribution < 1.29 is 19.1 Å². The molecule has 1 fully saturated rings. The highest BCUT2D eigenvalue weighted by molar-refractivity contribution is 5.80. The number of esters is 1. The van der Waals surface area contributed by atoms with Crippen molar-refractivity contribution in [2.24, 2.45) is 5.92 Å². The fraction of sp³-hybridized carbons (Fsp3) is 0.579. The summed E-state index contributed by atoms with van der Waals surface area (Å²) in [7, 11) is 1.90. The molecule has 1 saturated heterocycles. The maximum absolute atomic E-state index is 12.5. The number of ether oxygens (including phenoxy) is 2. The Balaban J connectivity index is 1.71. The zero-order valence-electron chi connectivity index (χ0n) is 15.1. The Labute approximate surface area is 149 Å². The number of carbonyl (C=O) groups is 2. The molecule has 1 aromatic carbocycles. The van der Waals surface area contributed by atoms with Crippen LogP contribution in [0.4, 0.5) is 0 Å². The van der Waals surface area contributed by atoms with Gasteiger partial charge in [-0.1, -0.05) is 18.2 Å². The monoisotopic (exact) mass is 348 g/mol. The Morgan fingerprint density at radius 3 is 2.76 bits per heavy atom. The molecule has 0 spiro atoms. The van der Waals surface area contributed by atoms with Gasteiger partial charge in [0.25, 0.3) is 0 Å². The number of hydrogen-bond donors (Lipinski definition) is 0. The number of benzene rings is 1. The number of para-hydroxylation sites is 1. The third-order valence-corrected chi connectivity index (χ3v) is 4.28. The topological polar surface area (TPSA) is 59.1 Å². The van der Waals surface area contributed by atoms with Crippen LogP contribution < -0.4 is 4.74 Å². The second-order valence-corrected chi connectivity index (χ2v) is 6.33. The molecule has 0 radical (unpaired) electrons. The number of rotatable bonds is 8. The van der Waals surface area contributed by atoms with Gasteiger partial charge in [-0.05, 0) is 38.9 Å². The van der Waals surface area contributed by atoms with Crippen molar-refractivity contribution in [3.8, 4) is 5.75 Å². The summed E-state index contributed by atoms with van der Waals surface area (Å²) < 4.78 is 10.7. The van der Waals surface area contributed by atoms with E-state index < -0.39 is 0 Å². The predicted octanol–water partition coefficient (Wildman–Crippen LogP) is 1.80. The molecule has 1 aliphatic rings. The average Bonchev–Trinajstić information content (AvgIpc) is 2.63. The van der Waals surface area contributed by atoms with Crippen LogP contribution in [0.3, 0.4) is 0 Å². The van der Waals surface area contributed by atoms with E-state index in [1.165, 1.54) is 0 Å². The van der Waals surface area contributed by atoms with Crippen LogP contribution >= 0.6 is 0 Å². The maximum Gasteiger partial charge on any atom is 0.310 e. The zero-order valence-corrected chi connectivity index (χ0v) is 15.1. The molecule has 2 rings (SSSR count). The summed E-state index contributed by atoms with van der Waals surface area (Å²) in [5, 5.41) is 0. The standard InChI is InChI=1S/C19H28N2O4/c1-3-24-19(23)16-8-7-11-21(14-16)18(22)15-20(2)12-13-25-17-9-5-4-6-10-17/h4-6,9-10,16H,3,7-8,11-15H2,1-2H3. The Morgan fingerprint density at radius 2 is 2.04 bits per heavy atom. The Hall–Kier alpha value is -2.08. The van der Waals surface area contributed by atoms with Crippen LogP contribution in [0.2, 0.25) is 0 Å². The molecule has 1 unspecified atom stereocenters. The molecular formula is C19H28N2O4. The van der Waals surface area contributed by atoms with Crippen molar-refractivity contribution in [2.45, 2.75) is 19.8 Å². The third-order valence-electron chi connectivity index (χ3n) is 4.28. The first-order valence-corrected chi connectivity index (χ1v) is 8.91. The number of hydrogen-bond acceptors (Lipinski definition) is 5. The minimum atomic E-state index is -0.190. The molecule has 1 amide bonds. The van der Waals surface area contributed by atoms with E-state index in [-0.39, 0.29) is 17.8 Å². The van der Waals surface area contributed by atoms with Crippen LogP contribution in [0.15, 0.2) is 30.3 Å². The highest BCUT2D eigenvalue weighted by Crippen LogP contribution is 2.18. The minimum absolute atomic E-state index is 0.0520. The average molecular weight is 348 g/mol. The summed E-state index contributed by atoms with van der Waals surface area (Å²) in [6, 6.07) is 9.63. The predicted molar refractivity (Wildman–Crippen MR) is 95.4 cm³/mol. The second-order valence-electron chi connectivity index (χ2n) is 6.33. The summed E-state index contributed by atoms with van der Waals surface area (Å²) in [5.41, 5.74) is 0. The number of nitrogens with zero attached hydrogens (tertiary/aromatic N) is 2. The molecular weight excluding hydrogens is 320 g/mol. The van der Waals surface area contributed by atoms with Gasteiger partial charge in [0.1, 0.15) is 12.4 Å². The molecule has 25 heavy (non-hydrogen) atoms. The lowest BCUT2D eigenvalue weighted by Crippen LogP contribution is -2.46. The molecule has 0 bridgehead atoms. The molecule has 138 valence electrons. The van der Waals surface area contributed by atoms with Gasteiger partial charge in [0.05, 0.1) is 19.1 Å². The fourth-order valence-corrected chi connectivity index (χ4v) is 2.90. The second kappa shape index (κ2) is 10.0. The summed E-state index contributed by atoms with van der Waals surface area (Å²) in [4.78, 5) is 28.1. The summed E-state index contributed by atoms with van der Waals surface area (Å²) >= 11 is 0. The van der Waals surface area contributed by atoms with E-state index >= 15 is 0 Å². The van der Waals surface area contributed by atoms with Crippen LogP contribution in [0, 0.1) is 5.92 Å². The smallest absolute Gasteiger partial charge is 0.310 e. The molecule has 6 nitrogen and oxygen atoms in total. The molecule has 1 atom stereocenters. The Kier molecular flexibility index (Phi) is 7.73. The van der Waals surface area contributed by atoms with Crippen molar-refractivity contribution in [1.29, 1.82) is 0 Å². The Bertz CT molecular complexity index is 550. The SMILES string of the molecule is CCOC(=O)C1CCCN(C(=O)CN(C)CCOc2ccccc2)C1. The van der Waals surface area contributed by atoms with Gasteiger partial charge < -0.3 is 14.4 Å². The number of likely N-dealkylation sites (tertiary alicyclic amines) is 1. The molecule has 1 aromatic rings. The maximum atomic E-state index is 12.5. The van der Waals surface area contributed by atoms with E-state index in [0.717, 1.165) is 18.6 Å². The quantitative estimate of drug-likeness (QED) is 0.671. The molecule has 1 heterocycles. The van der Waals surface area contributed by atoms with Gasteiger partial charge in [-0.25, -0.2) is 0 Å². The number of piperidine rings is 1. The summed E-state index contributed by atoms with van der Waals surface area (Å²) in [6.07, 6.45) is 1.64. The van der Waals surface area contributed by atoms with Gasteiger partial charge in [0, 0.05) is 19.6 Å². The summed E-state index contributed by atoms with van der Waals surface area (Å²) in [5.74, 6) is 0.501. The van der Waals surface area contributed by atoms with Crippen LogP contribution in [-0.4, -0.2) is 68.1 Å². The van der Waals surface area contributed by atoms with Crippen LogP contribution in [-0.2, 0) is 14.3 Å². The normalized spacial score (nSPS) is 17.4. The lowest BCUT2D eigenvalue weighted by Gasteiger charge is -2.32.